The van der Waals surface area contributed by atoms with Gasteiger partial charge in [-0.15, -0.1) is 11.3 Å². The van der Waals surface area contributed by atoms with Crippen molar-refractivity contribution in [1.82, 2.24) is 10.3 Å². The Hall–Kier alpha value is -1.92. The van der Waals surface area contributed by atoms with Crippen molar-refractivity contribution in [3.05, 3.63) is 45.4 Å². The number of hydrogen-bond donors (Lipinski definition) is 2. The third kappa shape index (κ3) is 5.83. The molecule has 25 heavy (non-hydrogen) atoms. The van der Waals surface area contributed by atoms with Gasteiger partial charge < -0.3 is 15.8 Å². The predicted molar refractivity (Wildman–Crippen MR) is 102 cm³/mol. The van der Waals surface area contributed by atoms with Crippen LogP contribution in [-0.4, -0.2) is 17.0 Å². The second-order valence-corrected chi connectivity index (χ2v) is 7.63. The molecule has 0 saturated heterocycles. The van der Waals surface area contributed by atoms with E-state index in [-0.39, 0.29) is 12.0 Å². The Balaban J connectivity index is 2.04. The molecule has 0 aliphatic rings. The zero-order valence-corrected chi connectivity index (χ0v) is 16.2. The van der Waals surface area contributed by atoms with E-state index in [9.17, 15) is 4.79 Å². The average molecular weight is 362 g/mol. The summed E-state index contributed by atoms with van der Waals surface area (Å²) in [6, 6.07) is 6.05. The van der Waals surface area contributed by atoms with E-state index in [1.807, 2.05) is 25.1 Å². The zero-order chi connectivity index (χ0) is 18.4. The topological polar surface area (TPSA) is 77.2 Å². The molecule has 3 N–H and O–H groups in total. The number of carbonyl (C=O) groups is 1. The SMILES string of the molecule is Cc1ccc(CNC(=O)c2csc(CN)n2)c(OC(C)CC(C)C)c1. The minimum absolute atomic E-state index is 0.127. The van der Waals surface area contributed by atoms with Gasteiger partial charge >= 0.3 is 0 Å². The largest absolute Gasteiger partial charge is 0.490 e. The van der Waals surface area contributed by atoms with Crippen LogP contribution in [0.5, 0.6) is 5.75 Å². The fourth-order valence-corrected chi connectivity index (χ4v) is 3.28. The highest BCUT2D eigenvalue weighted by Crippen LogP contribution is 2.23. The maximum Gasteiger partial charge on any atom is 0.271 e. The van der Waals surface area contributed by atoms with E-state index in [2.05, 4.69) is 31.1 Å². The van der Waals surface area contributed by atoms with Crippen molar-refractivity contribution in [2.75, 3.05) is 0 Å². The third-order valence-electron chi connectivity index (χ3n) is 3.75. The van der Waals surface area contributed by atoms with Crippen LogP contribution in [0, 0.1) is 12.8 Å². The van der Waals surface area contributed by atoms with Crippen molar-refractivity contribution in [1.29, 1.82) is 0 Å². The molecular weight excluding hydrogens is 334 g/mol. The molecule has 1 heterocycles. The van der Waals surface area contributed by atoms with Crippen LogP contribution in [0.4, 0.5) is 0 Å². The lowest BCUT2D eigenvalue weighted by molar-refractivity contribution is 0.0946. The van der Waals surface area contributed by atoms with E-state index in [0.29, 0.717) is 24.7 Å². The number of benzene rings is 1. The number of hydrogen-bond acceptors (Lipinski definition) is 5. The van der Waals surface area contributed by atoms with Crippen molar-refractivity contribution in [3.63, 3.8) is 0 Å². The molecule has 5 nitrogen and oxygen atoms in total. The average Bonchev–Trinajstić information content (AvgIpc) is 3.02. The summed E-state index contributed by atoms with van der Waals surface area (Å²) < 4.78 is 6.12. The Kier molecular flexibility index (Phi) is 6.96. The van der Waals surface area contributed by atoms with Crippen molar-refractivity contribution in [2.24, 2.45) is 11.7 Å². The van der Waals surface area contributed by atoms with Gasteiger partial charge in [0.25, 0.3) is 5.91 Å². The number of nitrogens with zero attached hydrogens (tertiary/aromatic N) is 1. The minimum Gasteiger partial charge on any atom is -0.490 e. The minimum atomic E-state index is -0.197. The van der Waals surface area contributed by atoms with Gasteiger partial charge in [-0.25, -0.2) is 4.98 Å². The molecule has 1 atom stereocenters. The molecule has 0 fully saturated rings. The normalized spacial score (nSPS) is 12.2. The zero-order valence-electron chi connectivity index (χ0n) is 15.3. The standard InChI is InChI=1S/C19H27N3O2S/c1-12(2)7-14(4)24-17-8-13(3)5-6-15(17)10-21-19(23)16-11-25-18(9-20)22-16/h5-6,8,11-12,14H,7,9-10,20H2,1-4H3,(H,21,23). The van der Waals surface area contributed by atoms with Gasteiger partial charge in [-0.3, -0.25) is 4.79 Å². The Bertz CT molecular complexity index is 712. The Morgan fingerprint density at radius 1 is 1.36 bits per heavy atom. The van der Waals surface area contributed by atoms with Gasteiger partial charge in [-0.05, 0) is 37.8 Å². The molecule has 6 heteroatoms. The number of thiazole rings is 1. The first-order chi connectivity index (χ1) is 11.9. The molecule has 0 saturated carbocycles. The number of carbonyl (C=O) groups excluding carboxylic acids is 1. The molecule has 0 bridgehead atoms. The van der Waals surface area contributed by atoms with E-state index < -0.39 is 0 Å². The molecule has 136 valence electrons. The van der Waals surface area contributed by atoms with Crippen LogP contribution in [-0.2, 0) is 13.1 Å². The van der Waals surface area contributed by atoms with Gasteiger partial charge in [0, 0.05) is 24.0 Å². The van der Waals surface area contributed by atoms with Crippen LogP contribution in [0.3, 0.4) is 0 Å². The van der Waals surface area contributed by atoms with E-state index in [1.54, 1.807) is 5.38 Å². The third-order valence-corrected chi connectivity index (χ3v) is 4.62. The molecule has 1 amide bonds. The van der Waals surface area contributed by atoms with Crippen LogP contribution in [0.15, 0.2) is 23.6 Å². The molecule has 1 unspecified atom stereocenters. The highest BCUT2D eigenvalue weighted by Gasteiger charge is 2.13. The lowest BCUT2D eigenvalue weighted by Gasteiger charge is -2.19. The van der Waals surface area contributed by atoms with Crippen molar-refractivity contribution < 1.29 is 9.53 Å². The number of rotatable bonds is 8. The molecule has 0 radical (unpaired) electrons. The summed E-state index contributed by atoms with van der Waals surface area (Å²) in [7, 11) is 0. The number of aryl methyl sites for hydroxylation is 1. The number of aromatic nitrogens is 1. The fourth-order valence-electron chi connectivity index (χ4n) is 2.62. The maximum atomic E-state index is 12.2. The van der Waals surface area contributed by atoms with E-state index in [4.69, 9.17) is 10.5 Å². The number of nitrogens with one attached hydrogen (secondary N) is 1. The van der Waals surface area contributed by atoms with Crippen LogP contribution in [0.25, 0.3) is 0 Å². The highest BCUT2D eigenvalue weighted by molar-refractivity contribution is 7.09. The molecule has 0 aliphatic carbocycles. The molecular formula is C19H27N3O2S. The Morgan fingerprint density at radius 3 is 2.76 bits per heavy atom. The molecule has 2 rings (SSSR count). The van der Waals surface area contributed by atoms with Crippen molar-refractivity contribution in [2.45, 2.75) is 53.3 Å². The highest BCUT2D eigenvalue weighted by atomic mass is 32.1. The van der Waals surface area contributed by atoms with Gasteiger partial charge in [0.15, 0.2) is 0 Å². The molecule has 2 aromatic rings. The predicted octanol–water partition coefficient (Wildman–Crippen LogP) is 3.65. The lowest BCUT2D eigenvalue weighted by Crippen LogP contribution is -2.24. The Labute approximate surface area is 153 Å². The van der Waals surface area contributed by atoms with Gasteiger partial charge in [0.1, 0.15) is 16.5 Å². The molecule has 1 aromatic carbocycles. The summed E-state index contributed by atoms with van der Waals surface area (Å²) in [5.41, 5.74) is 8.05. The summed E-state index contributed by atoms with van der Waals surface area (Å²) in [5, 5.41) is 5.40. The first kappa shape index (κ1) is 19.4. The van der Waals surface area contributed by atoms with Crippen LogP contribution >= 0.6 is 11.3 Å². The van der Waals surface area contributed by atoms with E-state index in [0.717, 1.165) is 28.3 Å². The summed E-state index contributed by atoms with van der Waals surface area (Å²) in [4.78, 5) is 16.5. The Morgan fingerprint density at radius 2 is 2.12 bits per heavy atom. The second kappa shape index (κ2) is 8.97. The summed E-state index contributed by atoms with van der Waals surface area (Å²) in [6.45, 7) is 9.22. The van der Waals surface area contributed by atoms with Crippen molar-refractivity contribution >= 4 is 17.2 Å². The lowest BCUT2D eigenvalue weighted by atomic mass is 10.1. The molecule has 0 spiro atoms. The quantitative estimate of drug-likeness (QED) is 0.752. The van der Waals surface area contributed by atoms with E-state index >= 15 is 0 Å². The number of nitrogens with two attached hydrogens (primary N) is 1. The van der Waals surface area contributed by atoms with Crippen molar-refractivity contribution in [3.8, 4) is 5.75 Å². The van der Waals surface area contributed by atoms with Gasteiger partial charge in [0.2, 0.25) is 0 Å². The summed E-state index contributed by atoms with van der Waals surface area (Å²) >= 11 is 1.40. The number of amides is 1. The van der Waals surface area contributed by atoms with E-state index in [1.165, 1.54) is 11.3 Å². The monoisotopic (exact) mass is 361 g/mol. The second-order valence-electron chi connectivity index (χ2n) is 6.68. The summed E-state index contributed by atoms with van der Waals surface area (Å²) in [6.07, 6.45) is 1.11. The first-order valence-electron chi connectivity index (χ1n) is 8.58. The summed E-state index contributed by atoms with van der Waals surface area (Å²) in [5.74, 6) is 1.21. The first-order valence-corrected chi connectivity index (χ1v) is 9.45. The van der Waals surface area contributed by atoms with Crippen LogP contribution in [0.2, 0.25) is 0 Å². The van der Waals surface area contributed by atoms with Gasteiger partial charge in [-0.1, -0.05) is 26.0 Å². The molecule has 1 aromatic heterocycles. The molecule has 0 aliphatic heterocycles. The van der Waals surface area contributed by atoms with Crippen LogP contribution < -0.4 is 15.8 Å². The number of ether oxygens (including phenoxy) is 1. The fraction of sp³-hybridized carbons (Fsp3) is 0.474. The van der Waals surface area contributed by atoms with Gasteiger partial charge in [-0.2, -0.15) is 0 Å². The maximum absolute atomic E-state index is 12.2. The smallest absolute Gasteiger partial charge is 0.271 e. The van der Waals surface area contributed by atoms with Crippen LogP contribution in [0.1, 0.15) is 53.8 Å². The van der Waals surface area contributed by atoms with Gasteiger partial charge in [0.05, 0.1) is 6.10 Å².